The number of likely N-dealkylation sites (N-methyl/N-ethyl adjacent to an activating group) is 1. The number of rotatable bonds is 9. The number of carbonyl (C=O) groups is 1. The number of halogens is 1. The number of hydrogen-bond acceptors (Lipinski definition) is 8. The lowest BCUT2D eigenvalue weighted by atomic mass is 10.1. The third-order valence-electron chi connectivity index (χ3n) is 6.78. The highest BCUT2D eigenvalue weighted by Crippen LogP contribution is 2.30. The maximum Gasteiger partial charge on any atom is 0.288 e. The molecule has 1 saturated carbocycles. The molecule has 0 aliphatic heterocycles. The Kier molecular flexibility index (Phi) is 7.71. The fourth-order valence-electron chi connectivity index (χ4n) is 4.72. The summed E-state index contributed by atoms with van der Waals surface area (Å²) in [6.07, 6.45) is 5.75. The molecule has 0 spiro atoms. The van der Waals surface area contributed by atoms with Gasteiger partial charge in [-0.05, 0) is 44.6 Å². The summed E-state index contributed by atoms with van der Waals surface area (Å²) < 4.78 is 1.96. The minimum absolute atomic E-state index is 0.0645. The molecule has 3 aromatic heterocycles. The molecule has 0 atom stereocenters. The average Bonchev–Trinajstić information content (AvgIpc) is 3.60. The van der Waals surface area contributed by atoms with E-state index in [1.165, 1.54) is 0 Å². The monoisotopic (exact) mass is 533 g/mol. The Morgan fingerprint density at radius 2 is 1.87 bits per heavy atom. The molecule has 5 rings (SSSR count). The molecule has 1 aliphatic carbocycles. The van der Waals surface area contributed by atoms with Gasteiger partial charge in [-0.1, -0.05) is 43.2 Å². The maximum absolute atomic E-state index is 13.5. The van der Waals surface area contributed by atoms with E-state index < -0.39 is 0 Å². The van der Waals surface area contributed by atoms with Crippen LogP contribution in [0.25, 0.3) is 22.4 Å². The SMILES string of the molecule is CN(C)CCn1cnc2c(N(NC(=O)c3cccc(-c4ccc(CCl)cc4)n3)C3CCCC3)nc(N)nc21. The standard InChI is InChI=1S/C27H32ClN9O/c1-35(2)14-15-36-17-30-23-24(36)32-27(29)33-25(23)37(20-6-3-4-7-20)34-26(38)22-9-5-8-21(31-22)19-12-10-18(16-28)11-13-19/h5,8-13,17,20H,3-4,6-7,14-16H2,1-2H3,(H,34,38)(H2,29,32,33). The highest BCUT2D eigenvalue weighted by atomic mass is 35.5. The number of imidazole rings is 1. The predicted molar refractivity (Wildman–Crippen MR) is 150 cm³/mol. The summed E-state index contributed by atoms with van der Waals surface area (Å²) in [5.74, 6) is 0.761. The first kappa shape index (κ1) is 25.9. The van der Waals surface area contributed by atoms with Gasteiger partial charge >= 0.3 is 0 Å². The molecule has 4 aromatic rings. The highest BCUT2D eigenvalue weighted by Gasteiger charge is 2.29. The number of nitrogens with zero attached hydrogens (tertiary/aromatic N) is 7. The Balaban J connectivity index is 1.46. The van der Waals surface area contributed by atoms with Gasteiger partial charge in [0.2, 0.25) is 5.95 Å². The van der Waals surface area contributed by atoms with Crippen molar-refractivity contribution < 1.29 is 4.79 Å². The lowest BCUT2D eigenvalue weighted by Gasteiger charge is -2.30. The lowest BCUT2D eigenvalue weighted by molar-refractivity contribution is 0.0939. The number of nitrogens with two attached hydrogens (primary N) is 1. The smallest absolute Gasteiger partial charge is 0.288 e. The zero-order valence-corrected chi connectivity index (χ0v) is 22.4. The molecule has 10 nitrogen and oxygen atoms in total. The Hall–Kier alpha value is -3.76. The van der Waals surface area contributed by atoms with E-state index in [0.717, 1.165) is 43.4 Å². The molecular weight excluding hydrogens is 502 g/mol. The van der Waals surface area contributed by atoms with Crippen molar-refractivity contribution in [1.29, 1.82) is 0 Å². The quantitative estimate of drug-likeness (QED) is 0.246. The number of carbonyl (C=O) groups excluding carboxylic acids is 1. The van der Waals surface area contributed by atoms with Crippen LogP contribution in [-0.4, -0.2) is 62.0 Å². The Morgan fingerprint density at radius 1 is 1.11 bits per heavy atom. The summed E-state index contributed by atoms with van der Waals surface area (Å²) in [7, 11) is 4.03. The van der Waals surface area contributed by atoms with Crippen LogP contribution in [0.5, 0.6) is 0 Å². The van der Waals surface area contributed by atoms with Crippen LogP contribution in [0, 0.1) is 0 Å². The van der Waals surface area contributed by atoms with Crippen molar-refractivity contribution in [3.63, 3.8) is 0 Å². The van der Waals surface area contributed by atoms with Gasteiger partial charge in [0.05, 0.1) is 18.1 Å². The number of benzene rings is 1. The zero-order valence-electron chi connectivity index (χ0n) is 21.6. The van der Waals surface area contributed by atoms with E-state index in [4.69, 9.17) is 17.3 Å². The molecular formula is C27H32ClN9O. The number of fused-ring (bicyclic) bond motifs is 1. The van der Waals surface area contributed by atoms with Crippen molar-refractivity contribution >= 4 is 40.4 Å². The predicted octanol–water partition coefficient (Wildman–Crippen LogP) is 3.86. The molecule has 11 heteroatoms. The van der Waals surface area contributed by atoms with Crippen LogP contribution >= 0.6 is 11.6 Å². The van der Waals surface area contributed by atoms with Gasteiger partial charge in [-0.2, -0.15) is 9.97 Å². The summed E-state index contributed by atoms with van der Waals surface area (Å²) in [5, 5.41) is 1.82. The topological polar surface area (TPSA) is 118 Å². The summed E-state index contributed by atoms with van der Waals surface area (Å²) in [5.41, 5.74) is 13.4. The number of alkyl halides is 1. The van der Waals surface area contributed by atoms with Gasteiger partial charge in [-0.3, -0.25) is 15.2 Å². The van der Waals surface area contributed by atoms with E-state index in [1.54, 1.807) is 12.4 Å². The number of hydrogen-bond donors (Lipinski definition) is 2. The molecule has 3 N–H and O–H groups in total. The summed E-state index contributed by atoms with van der Waals surface area (Å²) in [6, 6.07) is 13.3. The molecule has 1 amide bonds. The van der Waals surface area contributed by atoms with Crippen LogP contribution < -0.4 is 16.2 Å². The summed E-state index contributed by atoms with van der Waals surface area (Å²) in [6.45, 7) is 1.53. The van der Waals surface area contributed by atoms with E-state index in [1.807, 2.05) is 60.1 Å². The van der Waals surface area contributed by atoms with Crippen molar-refractivity contribution in [3.05, 3.63) is 60.0 Å². The largest absolute Gasteiger partial charge is 0.368 e. The maximum atomic E-state index is 13.5. The molecule has 1 fully saturated rings. The van der Waals surface area contributed by atoms with Crippen molar-refractivity contribution in [1.82, 2.24) is 34.8 Å². The fraction of sp³-hybridized carbons (Fsp3) is 0.370. The molecule has 38 heavy (non-hydrogen) atoms. The van der Waals surface area contributed by atoms with Crippen molar-refractivity contribution in [2.75, 3.05) is 31.4 Å². The van der Waals surface area contributed by atoms with Crippen LogP contribution in [-0.2, 0) is 12.4 Å². The second kappa shape index (κ2) is 11.3. The van der Waals surface area contributed by atoms with Gasteiger partial charge < -0.3 is 15.2 Å². The minimum atomic E-state index is -0.325. The average molecular weight is 534 g/mol. The third kappa shape index (κ3) is 5.56. The summed E-state index contributed by atoms with van der Waals surface area (Å²) in [4.78, 5) is 33.9. The number of amides is 1. The molecule has 3 heterocycles. The first-order valence-corrected chi connectivity index (χ1v) is 13.3. The van der Waals surface area contributed by atoms with Crippen LogP contribution in [0.1, 0.15) is 41.7 Å². The van der Waals surface area contributed by atoms with E-state index in [9.17, 15) is 4.79 Å². The number of nitrogen functional groups attached to an aromatic ring is 1. The zero-order chi connectivity index (χ0) is 26.6. The van der Waals surface area contributed by atoms with E-state index >= 15 is 0 Å². The number of nitrogens with one attached hydrogen (secondary N) is 1. The van der Waals surface area contributed by atoms with Gasteiger partial charge in [0.15, 0.2) is 17.0 Å². The normalized spacial score (nSPS) is 13.9. The van der Waals surface area contributed by atoms with E-state index in [0.29, 0.717) is 40.8 Å². The van der Waals surface area contributed by atoms with Gasteiger partial charge in [-0.25, -0.2) is 9.97 Å². The number of pyridine rings is 1. The molecule has 0 radical (unpaired) electrons. The van der Waals surface area contributed by atoms with Crippen molar-refractivity contribution in [2.45, 2.75) is 44.1 Å². The first-order chi connectivity index (χ1) is 18.4. The Labute approximate surface area is 226 Å². The molecule has 1 aliphatic rings. The van der Waals surface area contributed by atoms with Gasteiger partial charge in [0.1, 0.15) is 5.69 Å². The lowest BCUT2D eigenvalue weighted by Crippen LogP contribution is -2.49. The van der Waals surface area contributed by atoms with Crippen molar-refractivity contribution in [3.8, 4) is 11.3 Å². The van der Waals surface area contributed by atoms with Gasteiger partial charge in [-0.15, -0.1) is 11.6 Å². The molecule has 0 unspecified atom stereocenters. The van der Waals surface area contributed by atoms with Crippen LogP contribution in [0.3, 0.4) is 0 Å². The molecule has 0 bridgehead atoms. The number of aromatic nitrogens is 5. The number of hydrazine groups is 1. The number of anilines is 2. The molecule has 198 valence electrons. The van der Waals surface area contributed by atoms with Crippen molar-refractivity contribution in [2.24, 2.45) is 0 Å². The molecule has 1 aromatic carbocycles. The van der Waals surface area contributed by atoms with Crippen LogP contribution in [0.2, 0.25) is 0 Å². The molecule has 0 saturated heterocycles. The minimum Gasteiger partial charge on any atom is -0.368 e. The van der Waals surface area contributed by atoms with E-state index in [-0.39, 0.29) is 17.9 Å². The van der Waals surface area contributed by atoms with Gasteiger partial charge in [0.25, 0.3) is 5.91 Å². The van der Waals surface area contributed by atoms with Gasteiger partial charge in [0, 0.05) is 24.5 Å². The first-order valence-electron chi connectivity index (χ1n) is 12.8. The highest BCUT2D eigenvalue weighted by molar-refractivity contribution is 6.17. The van der Waals surface area contributed by atoms with E-state index in [2.05, 4.69) is 30.3 Å². The Morgan fingerprint density at radius 3 is 2.58 bits per heavy atom. The Bertz CT molecular complexity index is 1410. The van der Waals surface area contributed by atoms with Crippen LogP contribution in [0.4, 0.5) is 11.8 Å². The third-order valence-corrected chi connectivity index (χ3v) is 7.09. The fourth-order valence-corrected chi connectivity index (χ4v) is 4.90. The second-order valence-electron chi connectivity index (χ2n) is 9.81. The summed E-state index contributed by atoms with van der Waals surface area (Å²) >= 11 is 5.92. The van der Waals surface area contributed by atoms with Crippen LogP contribution in [0.15, 0.2) is 48.8 Å². The second-order valence-corrected chi connectivity index (χ2v) is 10.1.